The van der Waals surface area contributed by atoms with Crippen molar-refractivity contribution in [2.45, 2.75) is 32.8 Å². The van der Waals surface area contributed by atoms with E-state index in [1.54, 1.807) is 20.5 Å². The SMILES string of the molecule is Cn1cc2cc(-n3cnc4cc(C5=CCN(C(=O)OC(C)(C)C)CC5)ccc4c3=O)ccc2n1. The van der Waals surface area contributed by atoms with Crippen molar-refractivity contribution in [1.29, 1.82) is 0 Å². The Hall–Kier alpha value is -3.94. The van der Waals surface area contributed by atoms with Gasteiger partial charge in [0.2, 0.25) is 0 Å². The lowest BCUT2D eigenvalue weighted by atomic mass is 9.98. The number of carbonyl (C=O) groups is 1. The molecule has 0 N–H and O–H groups in total. The van der Waals surface area contributed by atoms with E-state index in [0.29, 0.717) is 30.4 Å². The highest BCUT2D eigenvalue weighted by atomic mass is 16.6. The Morgan fingerprint density at radius 2 is 1.91 bits per heavy atom. The van der Waals surface area contributed by atoms with Gasteiger partial charge in [0.1, 0.15) is 11.9 Å². The molecule has 2 aromatic heterocycles. The van der Waals surface area contributed by atoms with Crippen molar-refractivity contribution in [3.05, 3.63) is 70.9 Å². The summed E-state index contributed by atoms with van der Waals surface area (Å²) in [7, 11) is 1.87. The van der Waals surface area contributed by atoms with E-state index in [4.69, 9.17) is 4.74 Å². The summed E-state index contributed by atoms with van der Waals surface area (Å²) in [6, 6.07) is 11.5. The van der Waals surface area contributed by atoms with Gasteiger partial charge < -0.3 is 9.64 Å². The number of ether oxygens (including phenoxy) is 1. The summed E-state index contributed by atoms with van der Waals surface area (Å²) < 4.78 is 8.78. The van der Waals surface area contributed by atoms with Crippen molar-refractivity contribution < 1.29 is 9.53 Å². The van der Waals surface area contributed by atoms with E-state index in [1.807, 2.05) is 76.5 Å². The van der Waals surface area contributed by atoms with Crippen LogP contribution in [-0.4, -0.2) is 49.0 Å². The minimum absolute atomic E-state index is 0.117. The van der Waals surface area contributed by atoms with Gasteiger partial charge in [-0.2, -0.15) is 5.10 Å². The van der Waals surface area contributed by atoms with Crippen LogP contribution in [0.3, 0.4) is 0 Å². The fourth-order valence-corrected chi connectivity index (χ4v) is 4.22. The molecule has 0 saturated carbocycles. The van der Waals surface area contributed by atoms with Gasteiger partial charge in [0.05, 0.1) is 22.1 Å². The molecule has 34 heavy (non-hydrogen) atoms. The Bertz CT molecular complexity index is 1510. The first-order chi connectivity index (χ1) is 16.2. The first kappa shape index (κ1) is 21.9. The molecule has 0 unspecified atom stereocenters. The molecule has 0 spiro atoms. The van der Waals surface area contributed by atoms with Crippen LogP contribution < -0.4 is 5.56 Å². The molecule has 2 aromatic carbocycles. The standard InChI is InChI=1S/C26H27N5O3/c1-26(2,3)34-25(33)30-11-9-17(10-12-30)18-5-7-21-23(14-18)27-16-31(24(21)32)20-6-8-22-19(13-20)15-29(4)28-22/h5-9,13-16H,10-12H2,1-4H3. The van der Waals surface area contributed by atoms with E-state index in [1.165, 1.54) is 0 Å². The number of rotatable bonds is 2. The summed E-state index contributed by atoms with van der Waals surface area (Å²) in [4.78, 5) is 31.8. The first-order valence-corrected chi connectivity index (χ1v) is 11.3. The van der Waals surface area contributed by atoms with Gasteiger partial charge in [-0.05, 0) is 68.7 Å². The maximum Gasteiger partial charge on any atom is 0.410 e. The summed E-state index contributed by atoms with van der Waals surface area (Å²) in [6.45, 7) is 6.68. The summed E-state index contributed by atoms with van der Waals surface area (Å²) in [6.07, 6.45) is 5.96. The van der Waals surface area contributed by atoms with Gasteiger partial charge in [0, 0.05) is 31.7 Å². The third-order valence-electron chi connectivity index (χ3n) is 5.87. The molecule has 0 aliphatic carbocycles. The number of hydrogen-bond acceptors (Lipinski definition) is 5. The highest BCUT2D eigenvalue weighted by molar-refractivity contribution is 5.84. The average Bonchev–Trinajstić information content (AvgIpc) is 3.17. The number of amides is 1. The fourth-order valence-electron chi connectivity index (χ4n) is 4.22. The van der Waals surface area contributed by atoms with E-state index in [2.05, 4.69) is 10.1 Å². The molecule has 0 saturated heterocycles. The van der Waals surface area contributed by atoms with Crippen LogP contribution in [0.1, 0.15) is 32.8 Å². The number of aryl methyl sites for hydroxylation is 1. The number of carbonyl (C=O) groups excluding carboxylic acids is 1. The predicted molar refractivity (Wildman–Crippen MR) is 132 cm³/mol. The second-order valence-electron chi connectivity index (χ2n) is 9.60. The van der Waals surface area contributed by atoms with Crippen LogP contribution in [-0.2, 0) is 11.8 Å². The lowest BCUT2D eigenvalue weighted by Crippen LogP contribution is -2.39. The molecular weight excluding hydrogens is 430 g/mol. The Morgan fingerprint density at radius 1 is 1.09 bits per heavy atom. The summed E-state index contributed by atoms with van der Waals surface area (Å²) in [5, 5.41) is 5.91. The Kier molecular flexibility index (Phi) is 5.23. The number of hydrogen-bond donors (Lipinski definition) is 0. The maximum atomic E-state index is 13.2. The van der Waals surface area contributed by atoms with Gasteiger partial charge in [-0.1, -0.05) is 12.1 Å². The molecule has 1 aliphatic heterocycles. The molecule has 1 amide bonds. The van der Waals surface area contributed by atoms with E-state index in [-0.39, 0.29) is 11.7 Å². The predicted octanol–water partition coefficient (Wildman–Crippen LogP) is 4.30. The highest BCUT2D eigenvalue weighted by Crippen LogP contribution is 2.25. The topological polar surface area (TPSA) is 82.3 Å². The van der Waals surface area contributed by atoms with E-state index in [9.17, 15) is 9.59 Å². The summed E-state index contributed by atoms with van der Waals surface area (Å²) in [5.74, 6) is 0. The van der Waals surface area contributed by atoms with Crippen LogP contribution in [0, 0.1) is 0 Å². The second kappa shape index (κ2) is 8.13. The van der Waals surface area contributed by atoms with Crippen LogP contribution in [0.25, 0.3) is 33.1 Å². The average molecular weight is 458 g/mol. The molecule has 4 aromatic rings. The molecule has 0 bridgehead atoms. The summed E-state index contributed by atoms with van der Waals surface area (Å²) >= 11 is 0. The van der Waals surface area contributed by atoms with Gasteiger partial charge in [-0.15, -0.1) is 0 Å². The zero-order valence-corrected chi connectivity index (χ0v) is 19.8. The van der Waals surface area contributed by atoms with Crippen molar-refractivity contribution >= 4 is 33.5 Å². The van der Waals surface area contributed by atoms with Crippen molar-refractivity contribution in [3.8, 4) is 5.69 Å². The van der Waals surface area contributed by atoms with Crippen LogP contribution >= 0.6 is 0 Å². The molecule has 8 nitrogen and oxygen atoms in total. The zero-order valence-electron chi connectivity index (χ0n) is 19.8. The number of nitrogens with zero attached hydrogens (tertiary/aromatic N) is 5. The minimum atomic E-state index is -0.512. The van der Waals surface area contributed by atoms with Crippen LogP contribution in [0.2, 0.25) is 0 Å². The van der Waals surface area contributed by atoms with Crippen molar-refractivity contribution in [2.24, 2.45) is 7.05 Å². The quantitative estimate of drug-likeness (QED) is 0.448. The smallest absolute Gasteiger partial charge is 0.410 e. The Morgan fingerprint density at radius 3 is 2.65 bits per heavy atom. The van der Waals surface area contributed by atoms with E-state index < -0.39 is 5.60 Å². The Balaban J connectivity index is 1.41. The number of benzene rings is 2. The molecule has 1 aliphatic rings. The lowest BCUT2D eigenvalue weighted by Gasteiger charge is -2.29. The van der Waals surface area contributed by atoms with Gasteiger partial charge in [0.15, 0.2) is 0 Å². The van der Waals surface area contributed by atoms with Gasteiger partial charge in [0.25, 0.3) is 5.56 Å². The minimum Gasteiger partial charge on any atom is -0.444 e. The fraction of sp³-hybridized carbons (Fsp3) is 0.308. The first-order valence-electron chi connectivity index (χ1n) is 11.3. The van der Waals surface area contributed by atoms with E-state index in [0.717, 1.165) is 27.7 Å². The third-order valence-corrected chi connectivity index (χ3v) is 5.87. The second-order valence-corrected chi connectivity index (χ2v) is 9.60. The molecule has 0 fully saturated rings. The van der Waals surface area contributed by atoms with Crippen LogP contribution in [0.5, 0.6) is 0 Å². The van der Waals surface area contributed by atoms with Crippen molar-refractivity contribution in [3.63, 3.8) is 0 Å². The van der Waals surface area contributed by atoms with Crippen molar-refractivity contribution in [1.82, 2.24) is 24.2 Å². The van der Waals surface area contributed by atoms with Crippen LogP contribution in [0.15, 0.2) is 59.8 Å². The molecule has 0 atom stereocenters. The molecule has 0 radical (unpaired) electrons. The monoisotopic (exact) mass is 457 g/mol. The zero-order chi connectivity index (χ0) is 24.0. The molecule has 174 valence electrons. The van der Waals surface area contributed by atoms with Gasteiger partial charge in [-0.3, -0.25) is 14.0 Å². The molecular formula is C26H27N5O3. The lowest BCUT2D eigenvalue weighted by molar-refractivity contribution is 0.0270. The molecule has 8 heteroatoms. The molecule has 5 rings (SSSR count). The number of aromatic nitrogens is 4. The molecule has 3 heterocycles. The van der Waals surface area contributed by atoms with Crippen LogP contribution in [0.4, 0.5) is 4.79 Å². The number of fused-ring (bicyclic) bond motifs is 2. The third kappa shape index (κ3) is 4.19. The Labute approximate surface area is 197 Å². The normalized spacial score (nSPS) is 14.5. The van der Waals surface area contributed by atoms with Gasteiger partial charge >= 0.3 is 6.09 Å². The van der Waals surface area contributed by atoms with Crippen molar-refractivity contribution in [2.75, 3.05) is 13.1 Å². The summed E-state index contributed by atoms with van der Waals surface area (Å²) in [5.41, 5.74) is 3.80. The van der Waals surface area contributed by atoms with E-state index >= 15 is 0 Å². The highest BCUT2D eigenvalue weighted by Gasteiger charge is 2.24. The van der Waals surface area contributed by atoms with Gasteiger partial charge in [-0.25, -0.2) is 9.78 Å². The maximum absolute atomic E-state index is 13.2. The largest absolute Gasteiger partial charge is 0.444 e.